The van der Waals surface area contributed by atoms with Crippen molar-refractivity contribution in [2.24, 2.45) is 5.92 Å². The van der Waals surface area contributed by atoms with Gasteiger partial charge in [0.1, 0.15) is 10.3 Å². The molecule has 1 saturated heterocycles. The second-order valence-electron chi connectivity index (χ2n) is 4.88. The number of hydrogen-bond donors (Lipinski definition) is 0. The fraction of sp³-hybridized carbons (Fsp3) is 0.700. The molecule has 1 aliphatic rings. The molecule has 106 valence electrons. The molecule has 1 fully saturated rings. The maximum Gasteiger partial charge on any atom is 0.237 e. The lowest BCUT2D eigenvalue weighted by Gasteiger charge is -2.10. The van der Waals surface area contributed by atoms with Crippen molar-refractivity contribution in [3.8, 4) is 0 Å². The minimum absolute atomic E-state index is 0.0565. The Hall–Kier alpha value is -0.730. The number of anilines is 1. The fourth-order valence-electron chi connectivity index (χ4n) is 1.83. The van der Waals surface area contributed by atoms with Gasteiger partial charge in [-0.3, -0.25) is 9.69 Å². The van der Waals surface area contributed by atoms with Gasteiger partial charge in [0.2, 0.25) is 20.1 Å². The predicted molar refractivity (Wildman–Crippen MR) is 74.0 cm³/mol. The van der Waals surface area contributed by atoms with Gasteiger partial charge >= 0.3 is 0 Å². The smallest absolute Gasteiger partial charge is 0.237 e. The van der Waals surface area contributed by atoms with Crippen molar-refractivity contribution >= 4 is 42.1 Å². The number of nitrogens with zero attached hydrogens (tertiary/aromatic N) is 3. The zero-order chi connectivity index (χ0) is 14.2. The Kier molecular flexibility index (Phi) is 4.12. The van der Waals surface area contributed by atoms with Crippen molar-refractivity contribution in [3.05, 3.63) is 5.01 Å². The monoisotopic (exact) mass is 323 g/mol. The highest BCUT2D eigenvalue weighted by atomic mass is 35.7. The number of hydrogen-bond acceptors (Lipinski definition) is 6. The number of carbonyl (C=O) groups excluding carboxylic acids is 1. The van der Waals surface area contributed by atoms with Crippen LogP contribution in [0.1, 0.15) is 25.3 Å². The van der Waals surface area contributed by atoms with Crippen LogP contribution in [0.3, 0.4) is 0 Å². The highest BCUT2D eigenvalue weighted by molar-refractivity contribution is 8.14. The molecule has 1 aliphatic heterocycles. The molecule has 1 atom stereocenters. The van der Waals surface area contributed by atoms with Gasteiger partial charge in [-0.25, -0.2) is 8.42 Å². The van der Waals surface area contributed by atoms with Gasteiger partial charge in [-0.1, -0.05) is 25.2 Å². The zero-order valence-electron chi connectivity index (χ0n) is 10.5. The van der Waals surface area contributed by atoms with Crippen molar-refractivity contribution in [1.29, 1.82) is 0 Å². The van der Waals surface area contributed by atoms with Gasteiger partial charge in [0.15, 0.2) is 0 Å². The van der Waals surface area contributed by atoms with Crippen LogP contribution in [0.2, 0.25) is 0 Å². The first-order valence-corrected chi connectivity index (χ1v) is 9.02. The van der Waals surface area contributed by atoms with E-state index < -0.39 is 14.3 Å². The Morgan fingerprint density at radius 3 is 2.68 bits per heavy atom. The van der Waals surface area contributed by atoms with E-state index >= 15 is 0 Å². The van der Waals surface area contributed by atoms with Crippen molar-refractivity contribution in [3.63, 3.8) is 0 Å². The molecule has 2 heterocycles. The Morgan fingerprint density at radius 1 is 1.47 bits per heavy atom. The largest absolute Gasteiger partial charge is 0.285 e. The van der Waals surface area contributed by atoms with Crippen LogP contribution in [0.4, 0.5) is 5.13 Å². The second kappa shape index (κ2) is 5.34. The van der Waals surface area contributed by atoms with Crippen LogP contribution in [-0.4, -0.2) is 36.3 Å². The van der Waals surface area contributed by atoms with E-state index in [0.717, 1.165) is 11.4 Å². The topological polar surface area (TPSA) is 80.2 Å². The normalized spacial score (nSPS) is 20.5. The van der Waals surface area contributed by atoms with Crippen LogP contribution < -0.4 is 4.90 Å². The lowest BCUT2D eigenvalue weighted by atomic mass is 10.1. The van der Waals surface area contributed by atoms with Gasteiger partial charge in [0, 0.05) is 30.1 Å². The van der Waals surface area contributed by atoms with E-state index in [1.807, 2.05) is 0 Å². The first kappa shape index (κ1) is 14.7. The summed E-state index contributed by atoms with van der Waals surface area (Å²) in [5.74, 6) is 0.174. The summed E-state index contributed by atoms with van der Waals surface area (Å²) in [4.78, 5) is 13.2. The third-order valence-electron chi connectivity index (χ3n) is 2.76. The molecule has 0 aromatic carbocycles. The van der Waals surface area contributed by atoms with E-state index in [-0.39, 0.29) is 18.9 Å². The van der Waals surface area contributed by atoms with Crippen molar-refractivity contribution in [1.82, 2.24) is 10.2 Å². The molecule has 1 aromatic heterocycles. The Balaban J connectivity index is 2.14. The summed E-state index contributed by atoms with van der Waals surface area (Å²) in [7, 11) is 1.57. The quantitative estimate of drug-likeness (QED) is 0.783. The number of carbonyl (C=O) groups is 1. The van der Waals surface area contributed by atoms with E-state index in [9.17, 15) is 13.2 Å². The van der Waals surface area contributed by atoms with Gasteiger partial charge in [-0.05, 0) is 5.92 Å². The minimum atomic E-state index is -3.72. The van der Waals surface area contributed by atoms with Crippen molar-refractivity contribution in [2.45, 2.75) is 31.9 Å². The van der Waals surface area contributed by atoms with Crippen LogP contribution >= 0.6 is 22.0 Å². The van der Waals surface area contributed by atoms with E-state index in [1.165, 1.54) is 16.2 Å². The third-order valence-corrected chi connectivity index (χ3v) is 5.59. The van der Waals surface area contributed by atoms with Gasteiger partial charge < -0.3 is 0 Å². The molecule has 6 nitrogen and oxygen atoms in total. The van der Waals surface area contributed by atoms with Crippen LogP contribution in [0.25, 0.3) is 0 Å². The van der Waals surface area contributed by atoms with Crippen molar-refractivity contribution in [2.75, 3.05) is 11.4 Å². The molecule has 19 heavy (non-hydrogen) atoms. The summed E-state index contributed by atoms with van der Waals surface area (Å²) in [6.45, 7) is 4.19. The second-order valence-corrected chi connectivity index (χ2v) is 8.83. The lowest BCUT2D eigenvalue weighted by Crippen LogP contribution is -2.26. The third kappa shape index (κ3) is 3.43. The summed E-state index contributed by atoms with van der Waals surface area (Å²) in [5.41, 5.74) is 0. The van der Waals surface area contributed by atoms with Gasteiger partial charge in [-0.2, -0.15) is 0 Å². The number of halogens is 1. The standard InChI is InChI=1S/C10H14ClN3O3S2/c1-6(2)3-8-12-13-10(18-8)14-5-7(4-9(14)15)19(11,16)17/h6-7H,3-5H2,1-2H3. The molecular formula is C10H14ClN3O3S2. The van der Waals surface area contributed by atoms with Crippen molar-refractivity contribution < 1.29 is 13.2 Å². The molecule has 0 spiro atoms. The molecule has 0 aliphatic carbocycles. The summed E-state index contributed by atoms with van der Waals surface area (Å²) in [6.07, 6.45) is 0.696. The Labute approximate surface area is 120 Å². The number of rotatable bonds is 4. The maximum absolute atomic E-state index is 11.8. The summed E-state index contributed by atoms with van der Waals surface area (Å²) in [5, 5.41) is 8.40. The molecule has 9 heteroatoms. The molecule has 1 aromatic rings. The summed E-state index contributed by atoms with van der Waals surface area (Å²) >= 11 is 1.32. The van der Waals surface area contributed by atoms with Crippen LogP contribution in [0.15, 0.2) is 0 Å². The van der Waals surface area contributed by atoms with Gasteiger partial charge in [0.25, 0.3) is 0 Å². The number of aromatic nitrogens is 2. The molecular weight excluding hydrogens is 310 g/mol. The SMILES string of the molecule is CC(C)Cc1nnc(N2CC(S(=O)(=O)Cl)CC2=O)s1. The van der Waals surface area contributed by atoms with Gasteiger partial charge in [-0.15, -0.1) is 10.2 Å². The van der Waals surface area contributed by atoms with E-state index in [1.54, 1.807) is 0 Å². The Bertz CT molecular complexity index is 585. The highest BCUT2D eigenvalue weighted by Gasteiger charge is 2.39. The number of amides is 1. The molecule has 0 saturated carbocycles. The van der Waals surface area contributed by atoms with Crippen LogP contribution in [0.5, 0.6) is 0 Å². The molecule has 1 amide bonds. The summed E-state index contributed by atoms with van der Waals surface area (Å²) < 4.78 is 22.5. The van der Waals surface area contributed by atoms with E-state index in [0.29, 0.717) is 11.0 Å². The Morgan fingerprint density at radius 2 is 2.16 bits per heavy atom. The first-order chi connectivity index (χ1) is 8.77. The molecule has 2 rings (SSSR count). The molecule has 0 bridgehead atoms. The zero-order valence-corrected chi connectivity index (χ0v) is 12.9. The molecule has 1 unspecified atom stereocenters. The lowest BCUT2D eigenvalue weighted by molar-refractivity contribution is -0.117. The molecule has 0 radical (unpaired) electrons. The maximum atomic E-state index is 11.8. The van der Waals surface area contributed by atoms with E-state index in [2.05, 4.69) is 24.0 Å². The van der Waals surface area contributed by atoms with Crippen LogP contribution in [-0.2, 0) is 20.3 Å². The average Bonchev–Trinajstić information content (AvgIpc) is 2.82. The van der Waals surface area contributed by atoms with Crippen LogP contribution in [0, 0.1) is 5.92 Å². The minimum Gasteiger partial charge on any atom is -0.285 e. The molecule has 0 N–H and O–H groups in total. The highest BCUT2D eigenvalue weighted by Crippen LogP contribution is 2.29. The average molecular weight is 324 g/mol. The summed E-state index contributed by atoms with van der Waals surface area (Å²) in [6, 6.07) is 0. The van der Waals surface area contributed by atoms with E-state index in [4.69, 9.17) is 10.7 Å². The fourth-order valence-corrected chi connectivity index (χ4v) is 3.94. The van der Waals surface area contributed by atoms with Gasteiger partial charge in [0.05, 0.1) is 0 Å². The first-order valence-electron chi connectivity index (χ1n) is 5.83. The predicted octanol–water partition coefficient (Wildman–Crippen LogP) is 1.41.